The van der Waals surface area contributed by atoms with Gasteiger partial charge in [0.05, 0.1) is 0 Å². The molecule has 0 aliphatic carbocycles. The number of rotatable bonds is 3. The number of likely N-dealkylation sites (tertiary alicyclic amines) is 1. The Labute approximate surface area is 156 Å². The highest BCUT2D eigenvalue weighted by Gasteiger charge is 2.19. The second-order valence-electron chi connectivity index (χ2n) is 6.05. The number of nitrogens with zero attached hydrogens (tertiary/aromatic N) is 1. The molecule has 1 fully saturated rings. The van der Waals surface area contributed by atoms with E-state index in [-0.39, 0.29) is 11.8 Å². The van der Waals surface area contributed by atoms with Gasteiger partial charge in [-0.25, -0.2) is 0 Å². The molecule has 1 saturated heterocycles. The first-order chi connectivity index (χ1) is 12.0. The SMILES string of the molecule is O=C(Nc1cc(Cl)cc(Cl)c1)c1cccc(C(=O)N2CCCCC2)c1. The van der Waals surface area contributed by atoms with Crippen LogP contribution in [0.3, 0.4) is 0 Å². The molecule has 2 aromatic carbocycles. The van der Waals surface area contributed by atoms with Crippen LogP contribution in [0.15, 0.2) is 42.5 Å². The summed E-state index contributed by atoms with van der Waals surface area (Å²) in [5, 5.41) is 3.64. The quantitative estimate of drug-likeness (QED) is 0.830. The van der Waals surface area contributed by atoms with E-state index in [1.165, 1.54) is 0 Å². The molecule has 6 heteroatoms. The second-order valence-corrected chi connectivity index (χ2v) is 6.92. The molecular weight excluding hydrogens is 359 g/mol. The van der Waals surface area contributed by atoms with Gasteiger partial charge in [0.2, 0.25) is 0 Å². The maximum absolute atomic E-state index is 12.6. The van der Waals surface area contributed by atoms with Crippen molar-refractivity contribution in [3.05, 3.63) is 63.6 Å². The number of anilines is 1. The molecule has 0 saturated carbocycles. The highest BCUT2D eigenvalue weighted by molar-refractivity contribution is 6.35. The van der Waals surface area contributed by atoms with E-state index < -0.39 is 0 Å². The Morgan fingerprint density at radius 1 is 0.880 bits per heavy atom. The summed E-state index contributed by atoms with van der Waals surface area (Å²) in [4.78, 5) is 26.9. The number of hydrogen-bond acceptors (Lipinski definition) is 2. The number of nitrogens with one attached hydrogen (secondary N) is 1. The Kier molecular flexibility index (Phi) is 5.61. The zero-order chi connectivity index (χ0) is 17.8. The summed E-state index contributed by atoms with van der Waals surface area (Å²) in [7, 11) is 0. The molecule has 0 unspecified atom stereocenters. The van der Waals surface area contributed by atoms with E-state index in [1.807, 2.05) is 4.90 Å². The van der Waals surface area contributed by atoms with Gasteiger partial charge in [0.15, 0.2) is 0 Å². The number of halogens is 2. The summed E-state index contributed by atoms with van der Waals surface area (Å²) in [6.45, 7) is 1.55. The average molecular weight is 377 g/mol. The molecule has 0 atom stereocenters. The molecule has 0 aromatic heterocycles. The second kappa shape index (κ2) is 7.89. The summed E-state index contributed by atoms with van der Waals surface area (Å²) >= 11 is 11.9. The number of carbonyl (C=O) groups excluding carboxylic acids is 2. The third-order valence-electron chi connectivity index (χ3n) is 4.14. The summed E-state index contributed by atoms with van der Waals surface area (Å²) < 4.78 is 0. The van der Waals surface area contributed by atoms with Crippen molar-refractivity contribution in [3.8, 4) is 0 Å². The first kappa shape index (κ1) is 17.8. The van der Waals surface area contributed by atoms with E-state index in [1.54, 1.807) is 42.5 Å². The van der Waals surface area contributed by atoms with Crippen LogP contribution in [-0.4, -0.2) is 29.8 Å². The molecule has 4 nitrogen and oxygen atoms in total. The number of amides is 2. The third-order valence-corrected chi connectivity index (χ3v) is 4.57. The third kappa shape index (κ3) is 4.53. The average Bonchev–Trinajstić information content (AvgIpc) is 2.61. The van der Waals surface area contributed by atoms with Gasteiger partial charge in [-0.3, -0.25) is 9.59 Å². The first-order valence-electron chi connectivity index (χ1n) is 8.20. The fourth-order valence-corrected chi connectivity index (χ4v) is 3.43. The standard InChI is InChI=1S/C19H18Cl2N2O2/c20-15-10-16(21)12-17(11-15)22-18(24)13-5-4-6-14(9-13)19(25)23-7-2-1-3-8-23/h4-6,9-12H,1-3,7-8H2,(H,22,24). The Hall–Kier alpha value is -2.04. The Morgan fingerprint density at radius 2 is 1.52 bits per heavy atom. The van der Waals surface area contributed by atoms with Crippen molar-refractivity contribution in [2.75, 3.05) is 18.4 Å². The molecule has 0 spiro atoms. The highest BCUT2D eigenvalue weighted by Crippen LogP contribution is 2.23. The van der Waals surface area contributed by atoms with Crippen LogP contribution >= 0.6 is 23.2 Å². The van der Waals surface area contributed by atoms with E-state index in [4.69, 9.17) is 23.2 Å². The minimum atomic E-state index is -0.313. The largest absolute Gasteiger partial charge is 0.339 e. The number of hydrogen-bond donors (Lipinski definition) is 1. The Bertz CT molecular complexity index is 782. The van der Waals surface area contributed by atoms with Gasteiger partial charge in [-0.05, 0) is 55.7 Å². The van der Waals surface area contributed by atoms with Crippen molar-refractivity contribution in [2.24, 2.45) is 0 Å². The van der Waals surface area contributed by atoms with Crippen LogP contribution in [0.2, 0.25) is 10.0 Å². The van der Waals surface area contributed by atoms with E-state index in [0.29, 0.717) is 26.9 Å². The van der Waals surface area contributed by atoms with Crippen molar-refractivity contribution >= 4 is 40.7 Å². The van der Waals surface area contributed by atoms with Gasteiger partial charge in [-0.15, -0.1) is 0 Å². The molecular formula is C19H18Cl2N2O2. The fourth-order valence-electron chi connectivity index (χ4n) is 2.90. The normalized spacial score (nSPS) is 14.2. The fraction of sp³-hybridized carbons (Fsp3) is 0.263. The van der Waals surface area contributed by atoms with Crippen molar-refractivity contribution in [1.29, 1.82) is 0 Å². The van der Waals surface area contributed by atoms with Crippen LogP contribution in [-0.2, 0) is 0 Å². The van der Waals surface area contributed by atoms with Gasteiger partial charge < -0.3 is 10.2 Å². The smallest absolute Gasteiger partial charge is 0.255 e. The Balaban J connectivity index is 1.76. The zero-order valence-corrected chi connectivity index (χ0v) is 15.1. The summed E-state index contributed by atoms with van der Waals surface area (Å²) in [5.41, 5.74) is 1.45. The number of benzene rings is 2. The summed E-state index contributed by atoms with van der Waals surface area (Å²) in [5.74, 6) is -0.341. The lowest BCUT2D eigenvalue weighted by molar-refractivity contribution is 0.0724. The lowest BCUT2D eigenvalue weighted by Crippen LogP contribution is -2.35. The van der Waals surface area contributed by atoms with Crippen molar-refractivity contribution in [1.82, 2.24) is 4.90 Å². The van der Waals surface area contributed by atoms with Gasteiger partial charge in [0.1, 0.15) is 0 Å². The van der Waals surface area contributed by atoms with Gasteiger partial charge in [-0.1, -0.05) is 29.3 Å². The van der Waals surface area contributed by atoms with Crippen molar-refractivity contribution in [2.45, 2.75) is 19.3 Å². The minimum absolute atomic E-state index is 0.0276. The molecule has 0 radical (unpaired) electrons. The molecule has 1 aliphatic heterocycles. The van der Waals surface area contributed by atoms with E-state index >= 15 is 0 Å². The van der Waals surface area contributed by atoms with Crippen LogP contribution in [0.25, 0.3) is 0 Å². The monoisotopic (exact) mass is 376 g/mol. The van der Waals surface area contributed by atoms with Crippen LogP contribution in [0.4, 0.5) is 5.69 Å². The lowest BCUT2D eigenvalue weighted by Gasteiger charge is -2.26. The predicted molar refractivity (Wildman–Crippen MR) is 101 cm³/mol. The van der Waals surface area contributed by atoms with Crippen LogP contribution in [0, 0.1) is 0 Å². The van der Waals surface area contributed by atoms with Gasteiger partial charge in [-0.2, -0.15) is 0 Å². The number of carbonyl (C=O) groups is 2. The van der Waals surface area contributed by atoms with Gasteiger partial charge >= 0.3 is 0 Å². The molecule has 3 rings (SSSR count). The van der Waals surface area contributed by atoms with E-state index in [0.717, 1.165) is 32.4 Å². The maximum Gasteiger partial charge on any atom is 0.255 e. The maximum atomic E-state index is 12.6. The van der Waals surface area contributed by atoms with E-state index in [9.17, 15) is 9.59 Å². The van der Waals surface area contributed by atoms with Crippen molar-refractivity contribution < 1.29 is 9.59 Å². The summed E-state index contributed by atoms with van der Waals surface area (Å²) in [6, 6.07) is 11.6. The lowest BCUT2D eigenvalue weighted by atomic mass is 10.1. The number of piperidine rings is 1. The summed E-state index contributed by atoms with van der Waals surface area (Å²) in [6.07, 6.45) is 3.22. The Morgan fingerprint density at radius 3 is 2.20 bits per heavy atom. The molecule has 2 amide bonds. The molecule has 25 heavy (non-hydrogen) atoms. The topological polar surface area (TPSA) is 49.4 Å². The molecule has 130 valence electrons. The molecule has 1 N–H and O–H groups in total. The molecule has 1 aliphatic rings. The van der Waals surface area contributed by atoms with E-state index in [2.05, 4.69) is 5.32 Å². The van der Waals surface area contributed by atoms with Gasteiger partial charge in [0.25, 0.3) is 11.8 Å². The molecule has 0 bridgehead atoms. The van der Waals surface area contributed by atoms with Crippen LogP contribution in [0.1, 0.15) is 40.0 Å². The predicted octanol–water partition coefficient (Wildman–Crippen LogP) is 4.87. The van der Waals surface area contributed by atoms with Crippen molar-refractivity contribution in [3.63, 3.8) is 0 Å². The molecule has 2 aromatic rings. The van der Waals surface area contributed by atoms with Crippen LogP contribution < -0.4 is 5.32 Å². The molecule has 1 heterocycles. The van der Waals surface area contributed by atoms with Gasteiger partial charge in [0, 0.05) is 39.9 Å². The first-order valence-corrected chi connectivity index (χ1v) is 8.95. The van der Waals surface area contributed by atoms with Crippen LogP contribution in [0.5, 0.6) is 0 Å². The highest BCUT2D eigenvalue weighted by atomic mass is 35.5. The zero-order valence-electron chi connectivity index (χ0n) is 13.6. The minimum Gasteiger partial charge on any atom is -0.339 e.